The molecule has 1 saturated heterocycles. The number of rotatable bonds is 9. The van der Waals surface area contributed by atoms with Crippen LogP contribution in [-0.4, -0.2) is 46.4 Å². The summed E-state index contributed by atoms with van der Waals surface area (Å²) in [5, 5.41) is 20.1. The van der Waals surface area contributed by atoms with Gasteiger partial charge in [0, 0.05) is 5.56 Å². The van der Waals surface area contributed by atoms with Crippen LogP contribution in [0, 0.1) is 0 Å². The van der Waals surface area contributed by atoms with Crippen LogP contribution in [0.5, 0.6) is 17.2 Å². The third kappa shape index (κ3) is 5.90. The number of allylic oxidation sites excluding steroid dienone is 1. The zero-order valence-electron chi connectivity index (χ0n) is 20.9. The molecule has 38 heavy (non-hydrogen) atoms. The van der Waals surface area contributed by atoms with Crippen molar-refractivity contribution in [3.63, 3.8) is 0 Å². The van der Waals surface area contributed by atoms with Gasteiger partial charge in [-0.2, -0.15) is 0 Å². The van der Waals surface area contributed by atoms with Gasteiger partial charge in [0.1, 0.15) is 5.75 Å². The van der Waals surface area contributed by atoms with Gasteiger partial charge in [0.2, 0.25) is 0 Å². The summed E-state index contributed by atoms with van der Waals surface area (Å²) in [4.78, 5) is 31.5. The normalized spacial score (nSPS) is 15.2. The summed E-state index contributed by atoms with van der Waals surface area (Å²) >= 11 is 1.23. The van der Waals surface area contributed by atoms with Gasteiger partial charge in [-0.15, -0.1) is 6.58 Å². The van der Waals surface area contributed by atoms with Crippen molar-refractivity contribution >= 4 is 40.6 Å². The maximum atomic E-state index is 13.6. The summed E-state index contributed by atoms with van der Waals surface area (Å²) in [5.74, 6) is -0.239. The maximum Gasteiger partial charge on any atom is 0.335 e. The van der Waals surface area contributed by atoms with Crippen molar-refractivity contribution in [2.45, 2.75) is 13.0 Å². The lowest BCUT2D eigenvalue weighted by Gasteiger charge is -2.16. The number of ether oxygens (including phenoxy) is 2. The van der Waals surface area contributed by atoms with Crippen molar-refractivity contribution in [3.8, 4) is 17.2 Å². The van der Waals surface area contributed by atoms with Gasteiger partial charge in [-0.05, 0) is 83.9 Å². The van der Waals surface area contributed by atoms with E-state index >= 15 is 0 Å². The van der Waals surface area contributed by atoms with Crippen molar-refractivity contribution in [3.05, 3.63) is 100 Å². The summed E-state index contributed by atoms with van der Waals surface area (Å²) in [7, 11) is 3.05. The van der Waals surface area contributed by atoms with Crippen molar-refractivity contribution in [2.75, 3.05) is 14.2 Å². The number of carboxylic acid groups (broad SMARTS) is 1. The van der Waals surface area contributed by atoms with Crippen LogP contribution in [0.2, 0.25) is 0 Å². The van der Waals surface area contributed by atoms with E-state index in [0.29, 0.717) is 44.8 Å². The van der Waals surface area contributed by atoms with Gasteiger partial charge in [0.25, 0.3) is 5.91 Å². The molecule has 3 aromatic carbocycles. The molecular formula is C29H26N2O6S. The predicted octanol–water partition coefficient (Wildman–Crippen LogP) is 5.64. The Morgan fingerprint density at radius 3 is 2.39 bits per heavy atom. The Balaban J connectivity index is 1.72. The minimum atomic E-state index is -1.02. The number of aromatic hydroxyl groups is 1. The lowest BCUT2D eigenvalue weighted by molar-refractivity contribution is -0.122. The molecule has 8 nitrogen and oxygen atoms in total. The Labute approximate surface area is 224 Å². The highest BCUT2D eigenvalue weighted by molar-refractivity contribution is 8.18. The average molecular weight is 531 g/mol. The topological polar surface area (TPSA) is 109 Å². The van der Waals surface area contributed by atoms with E-state index < -0.39 is 5.97 Å². The molecule has 3 aromatic rings. The number of nitrogens with zero attached hydrogens (tertiary/aromatic N) is 2. The Kier molecular flexibility index (Phi) is 8.18. The molecule has 194 valence electrons. The number of carbonyl (C=O) groups excluding carboxylic acids is 1. The van der Waals surface area contributed by atoms with Crippen LogP contribution in [0.3, 0.4) is 0 Å². The van der Waals surface area contributed by atoms with Gasteiger partial charge in [-0.1, -0.05) is 18.2 Å². The summed E-state index contributed by atoms with van der Waals surface area (Å²) < 4.78 is 10.5. The van der Waals surface area contributed by atoms with Gasteiger partial charge in [-0.3, -0.25) is 9.69 Å². The second-order valence-electron chi connectivity index (χ2n) is 8.32. The third-order valence-electron chi connectivity index (χ3n) is 5.78. The number of phenolic OH excluding ortho intramolecular Hbond substituents is 1. The summed E-state index contributed by atoms with van der Waals surface area (Å²) in [5.41, 5.74) is 2.88. The fourth-order valence-electron chi connectivity index (χ4n) is 3.82. The number of carboxylic acids is 1. The number of methoxy groups -OCH3 is 2. The SMILES string of the molecule is C=CCc1cc(/C=C2\SC(=Nc3ccc(OC)cc3)N(Cc3ccc(C(=O)O)cc3)C2=O)cc(OC)c1O. The van der Waals surface area contributed by atoms with Gasteiger partial charge >= 0.3 is 5.97 Å². The fourth-order valence-corrected chi connectivity index (χ4v) is 4.82. The Bertz CT molecular complexity index is 1430. The maximum absolute atomic E-state index is 13.6. The highest BCUT2D eigenvalue weighted by Gasteiger charge is 2.33. The van der Waals surface area contributed by atoms with Crippen molar-refractivity contribution in [2.24, 2.45) is 4.99 Å². The lowest BCUT2D eigenvalue weighted by Crippen LogP contribution is -2.28. The Morgan fingerprint density at radius 2 is 1.79 bits per heavy atom. The molecule has 2 N–H and O–H groups in total. The first kappa shape index (κ1) is 26.6. The molecule has 1 heterocycles. The largest absolute Gasteiger partial charge is 0.504 e. The number of phenols is 1. The van der Waals surface area contributed by atoms with Crippen molar-refractivity contribution in [1.29, 1.82) is 0 Å². The second-order valence-corrected chi connectivity index (χ2v) is 9.33. The molecule has 0 radical (unpaired) electrons. The average Bonchev–Trinajstić information content (AvgIpc) is 3.20. The minimum absolute atomic E-state index is 0.0353. The number of hydrogen-bond acceptors (Lipinski definition) is 7. The highest BCUT2D eigenvalue weighted by Crippen LogP contribution is 2.38. The summed E-state index contributed by atoms with van der Waals surface area (Å²) in [6.45, 7) is 3.94. The molecule has 1 aliphatic heterocycles. The minimum Gasteiger partial charge on any atom is -0.504 e. The van der Waals surface area contributed by atoms with Crippen LogP contribution in [0.4, 0.5) is 5.69 Å². The van der Waals surface area contributed by atoms with E-state index in [1.165, 1.54) is 31.0 Å². The van der Waals surface area contributed by atoms with Crippen molar-refractivity contribution < 1.29 is 29.3 Å². The van der Waals surface area contributed by atoms with E-state index in [0.717, 1.165) is 5.56 Å². The van der Waals surface area contributed by atoms with E-state index in [9.17, 15) is 19.8 Å². The highest BCUT2D eigenvalue weighted by atomic mass is 32.2. The van der Waals surface area contributed by atoms with Gasteiger partial charge < -0.3 is 19.7 Å². The molecule has 0 aromatic heterocycles. The number of aliphatic imine (C=N–C) groups is 1. The summed E-state index contributed by atoms with van der Waals surface area (Å²) in [6.07, 6.45) is 3.85. The van der Waals surface area contributed by atoms with Gasteiger partial charge in [-0.25, -0.2) is 9.79 Å². The van der Waals surface area contributed by atoms with Crippen LogP contribution in [-0.2, 0) is 17.8 Å². The lowest BCUT2D eigenvalue weighted by atomic mass is 10.1. The van der Waals surface area contributed by atoms with E-state index in [1.54, 1.807) is 72.7 Å². The first-order valence-corrected chi connectivity index (χ1v) is 12.4. The van der Waals surface area contributed by atoms with Crippen LogP contribution >= 0.6 is 11.8 Å². The van der Waals surface area contributed by atoms with Crippen LogP contribution in [0.1, 0.15) is 27.0 Å². The number of amidine groups is 1. The van der Waals surface area contributed by atoms with Gasteiger partial charge in [0.05, 0.1) is 36.9 Å². The first-order chi connectivity index (χ1) is 18.3. The molecule has 0 atom stereocenters. The quantitative estimate of drug-likeness (QED) is 0.272. The molecule has 0 aliphatic carbocycles. The Morgan fingerprint density at radius 1 is 1.08 bits per heavy atom. The monoisotopic (exact) mass is 530 g/mol. The third-order valence-corrected chi connectivity index (χ3v) is 6.79. The number of benzene rings is 3. The fraction of sp³-hybridized carbons (Fsp3) is 0.138. The van der Waals surface area contributed by atoms with Crippen LogP contribution in [0.25, 0.3) is 6.08 Å². The number of hydrogen-bond donors (Lipinski definition) is 2. The van der Waals surface area contributed by atoms with E-state index in [4.69, 9.17) is 14.5 Å². The second kappa shape index (κ2) is 11.7. The molecule has 1 fully saturated rings. The molecule has 1 amide bonds. The van der Waals surface area contributed by atoms with Crippen molar-refractivity contribution in [1.82, 2.24) is 4.90 Å². The van der Waals surface area contributed by atoms with Gasteiger partial charge in [0.15, 0.2) is 16.7 Å². The molecule has 1 aliphatic rings. The number of carbonyl (C=O) groups is 2. The standard InChI is InChI=1S/C29H26N2O6S/c1-4-5-21-14-19(15-24(37-3)26(21)32)16-25-27(33)31(17-18-6-8-20(9-7-18)28(34)35)29(38-25)30-22-10-12-23(36-2)13-11-22/h4,6-16,32H,1,5,17H2,2-3H3,(H,34,35)/b25-16-,30-29?. The Hall–Kier alpha value is -4.50. The molecule has 0 spiro atoms. The van der Waals surface area contributed by atoms with E-state index in [2.05, 4.69) is 6.58 Å². The van der Waals surface area contributed by atoms with E-state index in [1.807, 2.05) is 0 Å². The summed E-state index contributed by atoms with van der Waals surface area (Å²) in [6, 6.07) is 17.0. The molecular weight excluding hydrogens is 504 g/mol. The van der Waals surface area contributed by atoms with Crippen LogP contribution in [0.15, 0.2) is 83.2 Å². The predicted molar refractivity (Wildman–Crippen MR) is 148 cm³/mol. The molecule has 0 saturated carbocycles. The number of amides is 1. The first-order valence-electron chi connectivity index (χ1n) is 11.6. The molecule has 9 heteroatoms. The van der Waals surface area contributed by atoms with Crippen LogP contribution < -0.4 is 9.47 Å². The zero-order valence-corrected chi connectivity index (χ0v) is 21.7. The van der Waals surface area contributed by atoms with E-state index in [-0.39, 0.29) is 23.8 Å². The molecule has 0 unspecified atom stereocenters. The number of thioether (sulfide) groups is 1. The molecule has 4 rings (SSSR count). The number of aromatic carboxylic acids is 1. The molecule has 0 bridgehead atoms. The smallest absolute Gasteiger partial charge is 0.335 e. The zero-order chi connectivity index (χ0) is 27.2.